The van der Waals surface area contributed by atoms with Crippen molar-refractivity contribution in [1.29, 1.82) is 0 Å². The molecule has 0 spiro atoms. The van der Waals surface area contributed by atoms with E-state index in [0.29, 0.717) is 0 Å². The molecule has 1 aromatic rings. The maximum absolute atomic E-state index is 11.6. The lowest BCUT2D eigenvalue weighted by molar-refractivity contribution is -0.154. The van der Waals surface area contributed by atoms with Crippen LogP contribution in [0.3, 0.4) is 0 Å². The van der Waals surface area contributed by atoms with Gasteiger partial charge >= 0.3 is 11.9 Å². The van der Waals surface area contributed by atoms with E-state index in [4.69, 9.17) is 4.74 Å². The molecule has 2 saturated heterocycles. The highest BCUT2D eigenvalue weighted by atomic mass is 16.6. The van der Waals surface area contributed by atoms with E-state index in [1.54, 1.807) is 0 Å². The molecule has 0 amide bonds. The van der Waals surface area contributed by atoms with Crippen molar-refractivity contribution in [3.8, 4) is 0 Å². The number of rotatable bonds is 0. The zero-order chi connectivity index (χ0) is 10.9. The molecule has 1 aromatic carbocycles. The molecule has 4 heteroatoms. The third kappa shape index (κ3) is 0.769. The van der Waals surface area contributed by atoms with Crippen LogP contribution < -0.4 is 5.32 Å². The molecule has 3 aliphatic rings. The van der Waals surface area contributed by atoms with E-state index in [1.165, 1.54) is 0 Å². The van der Waals surface area contributed by atoms with Crippen LogP contribution in [0.5, 0.6) is 0 Å². The molecular formula is C12H9NO3. The van der Waals surface area contributed by atoms with Gasteiger partial charge in [-0.25, -0.2) is 0 Å². The molecule has 2 fully saturated rings. The van der Waals surface area contributed by atoms with Crippen molar-refractivity contribution in [2.45, 2.75) is 12.1 Å². The first-order valence-electron chi connectivity index (χ1n) is 5.38. The number of fused-ring (bicyclic) bond motifs is 8. The molecule has 2 bridgehead atoms. The van der Waals surface area contributed by atoms with Crippen molar-refractivity contribution < 1.29 is 14.3 Å². The Kier molecular flexibility index (Phi) is 1.33. The molecule has 3 aliphatic heterocycles. The van der Waals surface area contributed by atoms with Crippen molar-refractivity contribution >= 4 is 11.9 Å². The molecule has 4 unspecified atom stereocenters. The molecule has 3 heterocycles. The fraction of sp³-hybridized carbons (Fsp3) is 0.333. The molecule has 4 nitrogen and oxygen atoms in total. The topological polar surface area (TPSA) is 55.4 Å². The first-order chi connectivity index (χ1) is 7.77. The van der Waals surface area contributed by atoms with E-state index in [2.05, 4.69) is 5.32 Å². The summed E-state index contributed by atoms with van der Waals surface area (Å²) < 4.78 is 4.72. The number of carbonyl (C=O) groups excluding carboxylic acids is 2. The summed E-state index contributed by atoms with van der Waals surface area (Å²) in [6.07, 6.45) is 0. The Balaban J connectivity index is 1.92. The molecule has 0 aliphatic carbocycles. The van der Waals surface area contributed by atoms with Gasteiger partial charge in [-0.15, -0.1) is 0 Å². The van der Waals surface area contributed by atoms with Gasteiger partial charge in [0.1, 0.15) is 0 Å². The molecule has 0 aromatic heterocycles. The first kappa shape index (κ1) is 8.47. The number of benzene rings is 1. The molecule has 1 N–H and O–H groups in total. The Bertz CT molecular complexity index is 480. The summed E-state index contributed by atoms with van der Waals surface area (Å²) in [5, 5.41) is 3.33. The predicted molar refractivity (Wildman–Crippen MR) is 53.1 cm³/mol. The van der Waals surface area contributed by atoms with Gasteiger partial charge in [-0.05, 0) is 11.1 Å². The zero-order valence-electron chi connectivity index (χ0n) is 8.34. The van der Waals surface area contributed by atoms with Gasteiger partial charge in [-0.3, -0.25) is 9.59 Å². The smallest absolute Gasteiger partial charge is 0.319 e. The van der Waals surface area contributed by atoms with Gasteiger partial charge in [0, 0.05) is 12.1 Å². The van der Waals surface area contributed by atoms with Crippen LogP contribution in [0, 0.1) is 11.8 Å². The van der Waals surface area contributed by atoms with Gasteiger partial charge in [-0.1, -0.05) is 24.3 Å². The summed E-state index contributed by atoms with van der Waals surface area (Å²) in [6, 6.07) is 7.87. The van der Waals surface area contributed by atoms with E-state index in [1.807, 2.05) is 24.3 Å². The highest BCUT2D eigenvalue weighted by Crippen LogP contribution is 2.55. The van der Waals surface area contributed by atoms with Crippen LogP contribution in [0.4, 0.5) is 0 Å². The predicted octanol–water partition coefficient (Wildman–Crippen LogP) is 0.701. The number of hydrogen-bond donors (Lipinski definition) is 1. The number of ether oxygens (including phenoxy) is 1. The van der Waals surface area contributed by atoms with Gasteiger partial charge in [-0.2, -0.15) is 0 Å². The normalized spacial score (nSPS) is 38.5. The highest BCUT2D eigenvalue weighted by Gasteiger charge is 2.61. The summed E-state index contributed by atoms with van der Waals surface area (Å²) in [5.74, 6) is -1.37. The van der Waals surface area contributed by atoms with Crippen molar-refractivity contribution in [1.82, 2.24) is 5.32 Å². The minimum atomic E-state index is -0.371. The van der Waals surface area contributed by atoms with E-state index in [0.717, 1.165) is 11.1 Å². The van der Waals surface area contributed by atoms with E-state index in [-0.39, 0.29) is 35.9 Å². The summed E-state index contributed by atoms with van der Waals surface area (Å²) in [5.41, 5.74) is 2.28. The minimum absolute atomic E-state index is 0.0369. The number of esters is 2. The van der Waals surface area contributed by atoms with Crippen LogP contribution >= 0.6 is 0 Å². The molecule has 4 rings (SSSR count). The molecule has 80 valence electrons. The summed E-state index contributed by atoms with van der Waals surface area (Å²) in [4.78, 5) is 23.2. The summed E-state index contributed by atoms with van der Waals surface area (Å²) in [6.45, 7) is 0. The lowest BCUT2D eigenvalue weighted by atomic mass is 9.77. The SMILES string of the molecule is O=C1OC(=O)C2C3NC(c4ccccc43)C12. The Morgan fingerprint density at radius 3 is 1.94 bits per heavy atom. The van der Waals surface area contributed by atoms with Gasteiger partial charge in [0.25, 0.3) is 0 Å². The largest absolute Gasteiger partial charge is 0.393 e. The molecule has 0 radical (unpaired) electrons. The van der Waals surface area contributed by atoms with Gasteiger partial charge < -0.3 is 10.1 Å². The second-order valence-electron chi connectivity index (χ2n) is 4.54. The Morgan fingerprint density at radius 1 is 0.938 bits per heavy atom. The third-order valence-corrected chi connectivity index (χ3v) is 3.88. The quantitative estimate of drug-likeness (QED) is 0.511. The highest BCUT2D eigenvalue weighted by molar-refractivity contribution is 5.99. The first-order valence-corrected chi connectivity index (χ1v) is 5.38. The lowest BCUT2D eigenvalue weighted by Crippen LogP contribution is -2.23. The average molecular weight is 215 g/mol. The van der Waals surface area contributed by atoms with E-state index >= 15 is 0 Å². The van der Waals surface area contributed by atoms with Crippen molar-refractivity contribution in [3.63, 3.8) is 0 Å². The maximum atomic E-state index is 11.6. The molecule has 0 saturated carbocycles. The van der Waals surface area contributed by atoms with Crippen LogP contribution in [0.25, 0.3) is 0 Å². The van der Waals surface area contributed by atoms with Crippen molar-refractivity contribution in [2.75, 3.05) is 0 Å². The van der Waals surface area contributed by atoms with Crippen molar-refractivity contribution in [2.24, 2.45) is 11.8 Å². The van der Waals surface area contributed by atoms with Crippen molar-refractivity contribution in [3.05, 3.63) is 35.4 Å². The number of carbonyl (C=O) groups is 2. The Morgan fingerprint density at radius 2 is 1.44 bits per heavy atom. The zero-order valence-corrected chi connectivity index (χ0v) is 8.34. The Labute approximate surface area is 91.6 Å². The second-order valence-corrected chi connectivity index (χ2v) is 4.54. The lowest BCUT2D eigenvalue weighted by Gasteiger charge is -2.19. The monoisotopic (exact) mass is 215 g/mol. The fourth-order valence-electron chi connectivity index (χ4n) is 3.26. The number of hydrogen-bond acceptors (Lipinski definition) is 4. The van der Waals surface area contributed by atoms with E-state index < -0.39 is 0 Å². The molecule has 16 heavy (non-hydrogen) atoms. The van der Waals surface area contributed by atoms with Crippen LogP contribution in [0.15, 0.2) is 24.3 Å². The van der Waals surface area contributed by atoms with Crippen LogP contribution in [-0.4, -0.2) is 11.9 Å². The fourth-order valence-corrected chi connectivity index (χ4v) is 3.26. The summed E-state index contributed by atoms with van der Waals surface area (Å²) in [7, 11) is 0. The van der Waals surface area contributed by atoms with Gasteiger partial charge in [0.05, 0.1) is 11.8 Å². The summed E-state index contributed by atoms with van der Waals surface area (Å²) >= 11 is 0. The standard InChI is InChI=1S/C12H9NO3/c14-11-7-8(12(15)16-11)10-6-4-2-1-3-5(6)9(7)13-10/h1-4,7-10,13H. The number of nitrogens with one attached hydrogen (secondary N) is 1. The van der Waals surface area contributed by atoms with Crippen LogP contribution in [0.2, 0.25) is 0 Å². The second kappa shape index (κ2) is 2.52. The van der Waals surface area contributed by atoms with E-state index in [9.17, 15) is 9.59 Å². The van der Waals surface area contributed by atoms with Gasteiger partial charge in [0.2, 0.25) is 0 Å². The molecule has 4 atom stereocenters. The Hall–Kier alpha value is -1.68. The maximum Gasteiger partial charge on any atom is 0.319 e. The van der Waals surface area contributed by atoms with Gasteiger partial charge in [0.15, 0.2) is 0 Å². The molecular weight excluding hydrogens is 206 g/mol. The van der Waals surface area contributed by atoms with Crippen LogP contribution in [0.1, 0.15) is 23.2 Å². The average Bonchev–Trinajstić information content (AvgIpc) is 2.91. The van der Waals surface area contributed by atoms with Crippen LogP contribution in [-0.2, 0) is 14.3 Å². The minimum Gasteiger partial charge on any atom is -0.393 e. The number of cyclic esters (lactones) is 2. The third-order valence-electron chi connectivity index (χ3n) is 3.88.